The lowest BCUT2D eigenvalue weighted by atomic mass is 10.00. The molecule has 10 heteroatoms. The van der Waals surface area contributed by atoms with Gasteiger partial charge in [0.1, 0.15) is 11.6 Å². The Hall–Kier alpha value is -3.76. The Morgan fingerprint density at radius 2 is 1.76 bits per heavy atom. The fourth-order valence-corrected chi connectivity index (χ4v) is 4.42. The second-order valence-electron chi connectivity index (χ2n) is 9.48. The van der Waals surface area contributed by atoms with E-state index in [0.717, 1.165) is 29.4 Å². The van der Waals surface area contributed by atoms with Gasteiger partial charge in [-0.25, -0.2) is 18.3 Å². The van der Waals surface area contributed by atoms with E-state index in [1.807, 2.05) is 32.0 Å². The van der Waals surface area contributed by atoms with E-state index in [1.165, 1.54) is 17.7 Å². The molecule has 0 saturated carbocycles. The molecule has 2 atom stereocenters. The van der Waals surface area contributed by atoms with Gasteiger partial charge in [0.2, 0.25) is 5.91 Å². The zero-order chi connectivity index (χ0) is 27.2. The molecule has 4 rings (SSSR count). The molecule has 0 aliphatic heterocycles. The molecule has 0 radical (unpaired) electrons. The lowest BCUT2D eigenvalue weighted by Crippen LogP contribution is -2.49. The maximum absolute atomic E-state index is 13.8. The molecule has 0 aliphatic carbocycles. The number of fused-ring (bicyclic) bond motifs is 1. The Labute approximate surface area is 220 Å². The first-order valence-corrected chi connectivity index (χ1v) is 12.6. The first-order chi connectivity index (χ1) is 18.2. The largest absolute Gasteiger partial charge is 0.390 e. The molecule has 0 bridgehead atoms. The minimum atomic E-state index is -1.03. The molecule has 8 nitrogen and oxygen atoms in total. The Morgan fingerprint density at radius 1 is 1.03 bits per heavy atom. The maximum atomic E-state index is 13.8. The molecule has 0 saturated heterocycles. The van der Waals surface area contributed by atoms with Crippen molar-refractivity contribution in [3.8, 4) is 0 Å². The van der Waals surface area contributed by atoms with E-state index >= 15 is 0 Å². The van der Waals surface area contributed by atoms with Gasteiger partial charge in [-0.05, 0) is 61.6 Å². The molecule has 0 fully saturated rings. The van der Waals surface area contributed by atoms with Gasteiger partial charge in [-0.15, -0.1) is 5.10 Å². The van der Waals surface area contributed by atoms with Crippen LogP contribution < -0.4 is 10.6 Å². The SMILES string of the molecule is CCc1cccc(CNCC(O)C(Cc2cc(F)cc(F)c2)NC(=O)Cc2nc3nc(C)cc(C)n3n2)c1. The van der Waals surface area contributed by atoms with E-state index in [2.05, 4.69) is 44.8 Å². The Morgan fingerprint density at radius 3 is 2.50 bits per heavy atom. The molecule has 1 amide bonds. The number of amides is 1. The molecule has 0 aliphatic rings. The number of halogens is 2. The molecule has 38 heavy (non-hydrogen) atoms. The maximum Gasteiger partial charge on any atom is 0.252 e. The number of aliphatic hydroxyl groups excluding tert-OH is 1. The highest BCUT2D eigenvalue weighted by molar-refractivity contribution is 5.78. The fourth-order valence-electron chi connectivity index (χ4n) is 4.42. The van der Waals surface area contributed by atoms with Gasteiger partial charge in [-0.3, -0.25) is 4.79 Å². The molecule has 200 valence electrons. The van der Waals surface area contributed by atoms with Crippen LogP contribution in [-0.4, -0.2) is 49.3 Å². The van der Waals surface area contributed by atoms with E-state index in [0.29, 0.717) is 17.9 Å². The summed E-state index contributed by atoms with van der Waals surface area (Å²) in [6.45, 7) is 6.49. The van der Waals surface area contributed by atoms with Crippen LogP contribution in [0.15, 0.2) is 48.5 Å². The molecule has 3 N–H and O–H groups in total. The van der Waals surface area contributed by atoms with E-state index in [1.54, 1.807) is 4.52 Å². The second-order valence-corrected chi connectivity index (χ2v) is 9.48. The number of carbonyl (C=O) groups is 1. The predicted molar refractivity (Wildman–Crippen MR) is 139 cm³/mol. The summed E-state index contributed by atoms with van der Waals surface area (Å²) in [5.41, 5.74) is 4.23. The third-order valence-electron chi connectivity index (χ3n) is 6.25. The van der Waals surface area contributed by atoms with Gasteiger partial charge in [-0.1, -0.05) is 31.2 Å². The second kappa shape index (κ2) is 12.2. The normalized spacial score (nSPS) is 13.0. The summed E-state index contributed by atoms with van der Waals surface area (Å²) < 4.78 is 29.2. The monoisotopic (exact) mass is 522 g/mol. The van der Waals surface area contributed by atoms with Crippen LogP contribution in [0.2, 0.25) is 0 Å². The van der Waals surface area contributed by atoms with Crippen LogP contribution in [0.4, 0.5) is 8.78 Å². The van der Waals surface area contributed by atoms with E-state index in [4.69, 9.17) is 0 Å². The summed E-state index contributed by atoms with van der Waals surface area (Å²) >= 11 is 0. The average Bonchev–Trinajstić information content (AvgIpc) is 3.25. The summed E-state index contributed by atoms with van der Waals surface area (Å²) in [5.74, 6) is -1.19. The molecule has 2 aromatic carbocycles. The van der Waals surface area contributed by atoms with Gasteiger partial charge >= 0.3 is 0 Å². The minimum Gasteiger partial charge on any atom is -0.390 e. The molecule has 0 spiro atoms. The van der Waals surface area contributed by atoms with Crippen molar-refractivity contribution in [3.63, 3.8) is 0 Å². The van der Waals surface area contributed by atoms with E-state index in [-0.39, 0.29) is 25.2 Å². The van der Waals surface area contributed by atoms with Crippen LogP contribution in [0.3, 0.4) is 0 Å². The standard InChI is InChI=1S/C28H32F2N6O2/c1-4-19-6-5-7-20(9-19)15-31-16-25(37)24(12-21-10-22(29)13-23(30)11-21)33-27(38)14-26-34-28-32-17(2)8-18(3)36(28)35-26/h5-11,13,24-25,31,37H,4,12,14-16H2,1-3H3,(H,33,38). The number of hydrogen-bond donors (Lipinski definition) is 3. The molecule has 2 heterocycles. The lowest BCUT2D eigenvalue weighted by Gasteiger charge is -2.25. The van der Waals surface area contributed by atoms with Crippen LogP contribution in [0.5, 0.6) is 0 Å². The van der Waals surface area contributed by atoms with Gasteiger partial charge in [0.25, 0.3) is 5.78 Å². The van der Waals surface area contributed by atoms with Crippen molar-refractivity contribution in [3.05, 3.63) is 94.1 Å². The first kappa shape index (κ1) is 27.3. The Kier molecular flexibility index (Phi) is 8.75. The zero-order valence-corrected chi connectivity index (χ0v) is 21.7. The molecular weight excluding hydrogens is 490 g/mol. The molecule has 4 aromatic rings. The zero-order valence-electron chi connectivity index (χ0n) is 21.7. The average molecular weight is 523 g/mol. The van der Waals surface area contributed by atoms with Crippen molar-refractivity contribution in [2.75, 3.05) is 6.54 Å². The number of benzene rings is 2. The van der Waals surface area contributed by atoms with Crippen molar-refractivity contribution in [2.45, 2.75) is 58.7 Å². The number of aliphatic hydroxyl groups is 1. The van der Waals surface area contributed by atoms with Crippen LogP contribution in [-0.2, 0) is 30.6 Å². The van der Waals surface area contributed by atoms with Crippen LogP contribution in [0, 0.1) is 25.5 Å². The third kappa shape index (κ3) is 7.17. The summed E-state index contributed by atoms with van der Waals surface area (Å²) in [6.07, 6.45) is -0.210. The van der Waals surface area contributed by atoms with Crippen molar-refractivity contribution < 1.29 is 18.7 Å². The quantitative estimate of drug-likeness (QED) is 0.280. The summed E-state index contributed by atoms with van der Waals surface area (Å²) in [6, 6.07) is 12.4. The van der Waals surface area contributed by atoms with Crippen LogP contribution in [0.25, 0.3) is 5.78 Å². The summed E-state index contributed by atoms with van der Waals surface area (Å²) in [4.78, 5) is 21.6. The molecular formula is C28H32F2N6O2. The third-order valence-corrected chi connectivity index (χ3v) is 6.25. The number of hydrogen-bond acceptors (Lipinski definition) is 6. The number of aromatic nitrogens is 4. The van der Waals surface area contributed by atoms with E-state index < -0.39 is 29.7 Å². The fraction of sp³-hybridized carbons (Fsp3) is 0.357. The highest BCUT2D eigenvalue weighted by Crippen LogP contribution is 2.13. The van der Waals surface area contributed by atoms with Crippen molar-refractivity contribution in [1.29, 1.82) is 0 Å². The van der Waals surface area contributed by atoms with Crippen molar-refractivity contribution in [1.82, 2.24) is 30.2 Å². The van der Waals surface area contributed by atoms with Gasteiger partial charge < -0.3 is 15.7 Å². The number of rotatable bonds is 11. The van der Waals surface area contributed by atoms with Gasteiger partial charge in [0.15, 0.2) is 5.82 Å². The van der Waals surface area contributed by atoms with Crippen LogP contribution >= 0.6 is 0 Å². The highest BCUT2D eigenvalue weighted by atomic mass is 19.1. The van der Waals surface area contributed by atoms with Gasteiger partial charge in [0.05, 0.1) is 18.6 Å². The van der Waals surface area contributed by atoms with Crippen molar-refractivity contribution in [2.24, 2.45) is 0 Å². The molecule has 2 aromatic heterocycles. The van der Waals surface area contributed by atoms with Gasteiger partial charge in [-0.2, -0.15) is 4.98 Å². The number of aryl methyl sites for hydroxylation is 3. The number of nitrogens with one attached hydrogen (secondary N) is 2. The lowest BCUT2D eigenvalue weighted by molar-refractivity contribution is -0.122. The smallest absolute Gasteiger partial charge is 0.252 e. The number of nitrogens with zero attached hydrogens (tertiary/aromatic N) is 4. The summed E-state index contributed by atoms with van der Waals surface area (Å²) in [5, 5.41) is 21.3. The topological polar surface area (TPSA) is 104 Å². The van der Waals surface area contributed by atoms with Gasteiger partial charge in [0, 0.05) is 30.5 Å². The first-order valence-electron chi connectivity index (χ1n) is 12.6. The van der Waals surface area contributed by atoms with E-state index in [9.17, 15) is 18.7 Å². The molecule has 2 unspecified atom stereocenters. The van der Waals surface area contributed by atoms with Crippen LogP contribution in [0.1, 0.15) is 40.8 Å². The summed E-state index contributed by atoms with van der Waals surface area (Å²) in [7, 11) is 0. The number of carbonyl (C=O) groups excluding carboxylic acids is 1. The highest BCUT2D eigenvalue weighted by Gasteiger charge is 2.23. The predicted octanol–water partition coefficient (Wildman–Crippen LogP) is 3.00. The van der Waals surface area contributed by atoms with Crippen molar-refractivity contribution >= 4 is 11.7 Å². The Balaban J connectivity index is 1.45. The minimum absolute atomic E-state index is 0.0348. The Bertz CT molecular complexity index is 1400.